The fourth-order valence-corrected chi connectivity index (χ4v) is 1.21. The van der Waals surface area contributed by atoms with Crippen molar-refractivity contribution in [2.24, 2.45) is 0 Å². The summed E-state index contributed by atoms with van der Waals surface area (Å²) < 4.78 is 1.30. The van der Waals surface area contributed by atoms with Crippen LogP contribution in [0.2, 0.25) is 0 Å². The number of hydrogen-bond acceptors (Lipinski definition) is 3. The molecule has 0 aliphatic heterocycles. The van der Waals surface area contributed by atoms with Gasteiger partial charge in [-0.3, -0.25) is 4.79 Å². The largest absolute Gasteiger partial charge is 0.399 e. The molecule has 70 valence electrons. The normalized spacial score (nSPS) is 10.0. The van der Waals surface area contributed by atoms with Crippen molar-refractivity contribution in [3.05, 3.63) is 52.9 Å². The zero-order valence-electron chi connectivity index (χ0n) is 7.42. The molecule has 0 aliphatic rings. The zero-order valence-corrected chi connectivity index (χ0v) is 7.42. The molecule has 0 amide bonds. The van der Waals surface area contributed by atoms with Gasteiger partial charge in [-0.05, 0) is 24.3 Å². The summed E-state index contributed by atoms with van der Waals surface area (Å²) in [4.78, 5) is 11.4. The fourth-order valence-electron chi connectivity index (χ4n) is 1.21. The summed E-state index contributed by atoms with van der Waals surface area (Å²) in [7, 11) is 0. The highest BCUT2D eigenvalue weighted by atomic mass is 16.1. The van der Waals surface area contributed by atoms with Crippen molar-refractivity contribution in [3.8, 4) is 5.69 Å². The summed E-state index contributed by atoms with van der Waals surface area (Å²) in [6, 6.07) is 10.1. The van der Waals surface area contributed by atoms with E-state index in [9.17, 15) is 4.79 Å². The molecular formula is C10H9N3O. The third kappa shape index (κ3) is 1.50. The van der Waals surface area contributed by atoms with Gasteiger partial charge in [-0.2, -0.15) is 9.78 Å². The Morgan fingerprint density at radius 2 is 2.07 bits per heavy atom. The molecule has 14 heavy (non-hydrogen) atoms. The van der Waals surface area contributed by atoms with E-state index in [1.54, 1.807) is 36.5 Å². The highest BCUT2D eigenvalue weighted by molar-refractivity contribution is 5.46. The molecule has 0 fully saturated rings. The van der Waals surface area contributed by atoms with Crippen LogP contribution in [0.5, 0.6) is 0 Å². The summed E-state index contributed by atoms with van der Waals surface area (Å²) in [6.07, 6.45) is 1.56. The monoisotopic (exact) mass is 187 g/mol. The molecule has 0 spiro atoms. The maximum absolute atomic E-state index is 11.4. The lowest BCUT2D eigenvalue weighted by Gasteiger charge is -2.03. The second-order valence-electron chi connectivity index (χ2n) is 2.87. The van der Waals surface area contributed by atoms with Crippen LogP contribution in [0.15, 0.2) is 47.4 Å². The summed E-state index contributed by atoms with van der Waals surface area (Å²) in [5.74, 6) is 0. The van der Waals surface area contributed by atoms with Crippen LogP contribution < -0.4 is 11.3 Å². The molecule has 0 saturated carbocycles. The number of rotatable bonds is 1. The van der Waals surface area contributed by atoms with E-state index < -0.39 is 0 Å². The van der Waals surface area contributed by atoms with Crippen molar-refractivity contribution in [1.82, 2.24) is 9.78 Å². The number of hydrogen-bond donors (Lipinski definition) is 1. The maximum atomic E-state index is 11.4. The Labute approximate surface area is 80.6 Å². The lowest BCUT2D eigenvalue weighted by Crippen LogP contribution is -2.19. The van der Waals surface area contributed by atoms with E-state index in [1.807, 2.05) is 0 Å². The smallest absolute Gasteiger partial charge is 0.271 e. The van der Waals surface area contributed by atoms with Crippen LogP contribution in [0, 0.1) is 0 Å². The van der Waals surface area contributed by atoms with Crippen LogP contribution in [-0.4, -0.2) is 9.78 Å². The molecule has 0 radical (unpaired) electrons. The Balaban J connectivity index is 2.61. The Kier molecular flexibility index (Phi) is 2.02. The van der Waals surface area contributed by atoms with Crippen molar-refractivity contribution in [1.29, 1.82) is 0 Å². The van der Waals surface area contributed by atoms with Gasteiger partial charge in [0.2, 0.25) is 0 Å². The van der Waals surface area contributed by atoms with Crippen LogP contribution in [0.4, 0.5) is 5.69 Å². The molecular weight excluding hydrogens is 178 g/mol. The zero-order chi connectivity index (χ0) is 9.97. The minimum absolute atomic E-state index is 0.168. The Bertz CT molecular complexity index is 504. The van der Waals surface area contributed by atoms with Crippen LogP contribution in [0.25, 0.3) is 5.69 Å². The number of nitrogens with zero attached hydrogens (tertiary/aromatic N) is 2. The van der Waals surface area contributed by atoms with E-state index in [2.05, 4.69) is 5.10 Å². The van der Waals surface area contributed by atoms with Crippen LogP contribution >= 0.6 is 0 Å². The second kappa shape index (κ2) is 3.33. The minimum Gasteiger partial charge on any atom is -0.399 e. The van der Waals surface area contributed by atoms with E-state index >= 15 is 0 Å². The first-order chi connectivity index (χ1) is 6.77. The van der Waals surface area contributed by atoms with Crippen molar-refractivity contribution < 1.29 is 0 Å². The van der Waals surface area contributed by atoms with Crippen LogP contribution in [-0.2, 0) is 0 Å². The Morgan fingerprint density at radius 1 is 1.21 bits per heavy atom. The SMILES string of the molecule is Nc1cccc(-n2ncccc2=O)c1. The predicted molar refractivity (Wildman–Crippen MR) is 54.2 cm³/mol. The molecule has 0 bridgehead atoms. The van der Waals surface area contributed by atoms with Crippen molar-refractivity contribution >= 4 is 5.69 Å². The lowest BCUT2D eigenvalue weighted by molar-refractivity contribution is 0.807. The average molecular weight is 187 g/mol. The van der Waals surface area contributed by atoms with E-state index in [-0.39, 0.29) is 5.56 Å². The van der Waals surface area contributed by atoms with Gasteiger partial charge in [-0.1, -0.05) is 6.07 Å². The van der Waals surface area contributed by atoms with E-state index in [1.165, 1.54) is 10.7 Å². The minimum atomic E-state index is -0.168. The fraction of sp³-hybridized carbons (Fsp3) is 0. The van der Waals surface area contributed by atoms with E-state index in [4.69, 9.17) is 5.73 Å². The van der Waals surface area contributed by atoms with Gasteiger partial charge < -0.3 is 5.73 Å². The highest BCUT2D eigenvalue weighted by Crippen LogP contribution is 2.08. The number of anilines is 1. The molecule has 0 aliphatic carbocycles. The van der Waals surface area contributed by atoms with E-state index in [0.29, 0.717) is 11.4 Å². The molecule has 2 rings (SSSR count). The molecule has 2 N–H and O–H groups in total. The maximum Gasteiger partial charge on any atom is 0.271 e. The van der Waals surface area contributed by atoms with Crippen molar-refractivity contribution in [2.45, 2.75) is 0 Å². The van der Waals surface area contributed by atoms with Gasteiger partial charge in [0, 0.05) is 18.0 Å². The molecule has 2 aromatic rings. The number of nitrogen functional groups attached to an aromatic ring is 1. The van der Waals surface area contributed by atoms with Gasteiger partial charge >= 0.3 is 0 Å². The third-order valence-electron chi connectivity index (χ3n) is 1.83. The number of nitrogens with two attached hydrogens (primary N) is 1. The van der Waals surface area contributed by atoms with Gasteiger partial charge in [-0.15, -0.1) is 0 Å². The van der Waals surface area contributed by atoms with Gasteiger partial charge in [0.15, 0.2) is 0 Å². The molecule has 0 saturated heterocycles. The molecule has 1 aromatic heterocycles. The van der Waals surface area contributed by atoms with Crippen LogP contribution in [0.3, 0.4) is 0 Å². The molecule has 4 heteroatoms. The molecule has 1 aromatic carbocycles. The first kappa shape index (κ1) is 8.50. The quantitative estimate of drug-likeness (QED) is 0.672. The Morgan fingerprint density at radius 3 is 2.79 bits per heavy atom. The molecule has 4 nitrogen and oxygen atoms in total. The van der Waals surface area contributed by atoms with E-state index in [0.717, 1.165) is 0 Å². The van der Waals surface area contributed by atoms with Gasteiger partial charge in [0.1, 0.15) is 0 Å². The van der Waals surface area contributed by atoms with Gasteiger partial charge in [0.25, 0.3) is 5.56 Å². The Hall–Kier alpha value is -2.10. The van der Waals surface area contributed by atoms with Gasteiger partial charge in [-0.25, -0.2) is 0 Å². The number of aromatic nitrogens is 2. The van der Waals surface area contributed by atoms with Gasteiger partial charge in [0.05, 0.1) is 5.69 Å². The molecule has 0 atom stereocenters. The summed E-state index contributed by atoms with van der Waals surface area (Å²) in [5, 5.41) is 3.94. The van der Waals surface area contributed by atoms with Crippen LogP contribution in [0.1, 0.15) is 0 Å². The van der Waals surface area contributed by atoms with Crippen molar-refractivity contribution in [3.63, 3.8) is 0 Å². The highest BCUT2D eigenvalue weighted by Gasteiger charge is 1.98. The lowest BCUT2D eigenvalue weighted by atomic mass is 10.3. The molecule has 0 unspecified atom stereocenters. The average Bonchev–Trinajstić information content (AvgIpc) is 2.18. The molecule has 1 heterocycles. The topological polar surface area (TPSA) is 60.9 Å². The summed E-state index contributed by atoms with van der Waals surface area (Å²) in [5.41, 5.74) is 6.72. The predicted octanol–water partition coefficient (Wildman–Crippen LogP) is 0.815. The second-order valence-corrected chi connectivity index (χ2v) is 2.87. The summed E-state index contributed by atoms with van der Waals surface area (Å²) in [6.45, 7) is 0. The number of benzene rings is 1. The first-order valence-corrected chi connectivity index (χ1v) is 4.17. The summed E-state index contributed by atoms with van der Waals surface area (Å²) >= 11 is 0. The standard InChI is InChI=1S/C10H9N3O/c11-8-3-1-4-9(7-8)13-10(14)5-2-6-12-13/h1-7H,11H2. The third-order valence-corrected chi connectivity index (χ3v) is 1.83. The first-order valence-electron chi connectivity index (χ1n) is 4.17. The van der Waals surface area contributed by atoms with Crippen molar-refractivity contribution in [2.75, 3.05) is 5.73 Å².